The van der Waals surface area contributed by atoms with Gasteiger partial charge >= 0.3 is 5.97 Å². The third kappa shape index (κ3) is 4.64. The van der Waals surface area contributed by atoms with Gasteiger partial charge in [0.2, 0.25) is 0 Å². The number of esters is 1. The highest BCUT2D eigenvalue weighted by molar-refractivity contribution is 6.18. The van der Waals surface area contributed by atoms with Crippen LogP contribution in [0.25, 0.3) is 0 Å². The molecule has 4 heteroatoms. The van der Waals surface area contributed by atoms with Crippen LogP contribution in [0, 0.1) is 0 Å². The fourth-order valence-electron chi connectivity index (χ4n) is 1.12. The van der Waals surface area contributed by atoms with Gasteiger partial charge in [0.25, 0.3) is 0 Å². The molecule has 88 valence electrons. The highest BCUT2D eigenvalue weighted by Gasteiger charge is 2.14. The molecule has 1 atom stereocenters. The van der Waals surface area contributed by atoms with Gasteiger partial charge in [0, 0.05) is 0 Å². The van der Waals surface area contributed by atoms with Gasteiger partial charge in [0.15, 0.2) is 6.10 Å². The van der Waals surface area contributed by atoms with E-state index in [-0.39, 0.29) is 12.6 Å². The van der Waals surface area contributed by atoms with Crippen LogP contribution in [0.4, 0.5) is 0 Å². The number of halogens is 1. The normalized spacial score (nSPS) is 12.1. The Bertz CT molecular complexity index is 313. The van der Waals surface area contributed by atoms with Crippen LogP contribution in [0.5, 0.6) is 0 Å². The van der Waals surface area contributed by atoms with E-state index in [2.05, 4.69) is 0 Å². The van der Waals surface area contributed by atoms with Crippen molar-refractivity contribution in [2.45, 2.75) is 19.6 Å². The average molecular weight is 243 g/mol. The first-order valence-electron chi connectivity index (χ1n) is 5.12. The molecule has 0 aliphatic heterocycles. The molecular formula is C12H15ClO3. The molecule has 0 N–H and O–H groups in total. The van der Waals surface area contributed by atoms with Gasteiger partial charge in [0.05, 0.1) is 12.5 Å². The second-order valence-electron chi connectivity index (χ2n) is 3.30. The predicted octanol–water partition coefficient (Wildman–Crippen LogP) is 2.37. The molecule has 0 saturated heterocycles. The standard InChI is InChI=1S/C12H15ClO3/c1-10(12(14)15-8-7-13)16-9-11-5-3-2-4-6-11/h2-6,10H,7-9H2,1H3/t10-/m1/s1. The maximum Gasteiger partial charge on any atom is 0.335 e. The summed E-state index contributed by atoms with van der Waals surface area (Å²) in [6.45, 7) is 2.29. The first-order valence-corrected chi connectivity index (χ1v) is 5.65. The molecular weight excluding hydrogens is 228 g/mol. The van der Waals surface area contributed by atoms with Crippen molar-refractivity contribution in [3.8, 4) is 0 Å². The largest absolute Gasteiger partial charge is 0.463 e. The summed E-state index contributed by atoms with van der Waals surface area (Å²) in [7, 11) is 0. The Morgan fingerprint density at radius 2 is 2.06 bits per heavy atom. The number of hydrogen-bond donors (Lipinski definition) is 0. The quantitative estimate of drug-likeness (QED) is 0.568. The average Bonchev–Trinajstić information content (AvgIpc) is 2.34. The Balaban J connectivity index is 2.29. The lowest BCUT2D eigenvalue weighted by Crippen LogP contribution is -2.23. The van der Waals surface area contributed by atoms with Crippen molar-refractivity contribution in [2.24, 2.45) is 0 Å². The molecule has 1 aromatic carbocycles. The fraction of sp³-hybridized carbons (Fsp3) is 0.417. The second-order valence-corrected chi connectivity index (χ2v) is 3.67. The van der Waals surface area contributed by atoms with Crippen LogP contribution in [-0.4, -0.2) is 24.6 Å². The molecule has 0 aliphatic carbocycles. The predicted molar refractivity (Wildman–Crippen MR) is 62.4 cm³/mol. The summed E-state index contributed by atoms with van der Waals surface area (Å²) in [5.74, 6) is -0.0754. The lowest BCUT2D eigenvalue weighted by molar-refractivity contribution is -0.156. The minimum absolute atomic E-state index is 0.222. The van der Waals surface area contributed by atoms with E-state index in [9.17, 15) is 4.79 Å². The zero-order valence-corrected chi connectivity index (χ0v) is 9.94. The zero-order chi connectivity index (χ0) is 11.8. The van der Waals surface area contributed by atoms with E-state index in [4.69, 9.17) is 21.1 Å². The number of alkyl halides is 1. The number of hydrogen-bond acceptors (Lipinski definition) is 3. The highest BCUT2D eigenvalue weighted by atomic mass is 35.5. The van der Waals surface area contributed by atoms with Crippen LogP contribution >= 0.6 is 11.6 Å². The lowest BCUT2D eigenvalue weighted by Gasteiger charge is -2.11. The van der Waals surface area contributed by atoms with Gasteiger partial charge < -0.3 is 9.47 Å². The van der Waals surface area contributed by atoms with Crippen LogP contribution < -0.4 is 0 Å². The Morgan fingerprint density at radius 1 is 1.38 bits per heavy atom. The van der Waals surface area contributed by atoms with E-state index >= 15 is 0 Å². The van der Waals surface area contributed by atoms with Crippen molar-refractivity contribution in [2.75, 3.05) is 12.5 Å². The molecule has 0 fully saturated rings. The smallest absolute Gasteiger partial charge is 0.335 e. The van der Waals surface area contributed by atoms with Gasteiger partial charge in [-0.05, 0) is 12.5 Å². The van der Waals surface area contributed by atoms with Crippen molar-refractivity contribution >= 4 is 17.6 Å². The Kier molecular flexibility index (Phi) is 5.90. The fourth-order valence-corrected chi connectivity index (χ4v) is 1.20. The van der Waals surface area contributed by atoms with Crippen LogP contribution in [0.3, 0.4) is 0 Å². The van der Waals surface area contributed by atoms with Gasteiger partial charge in [-0.25, -0.2) is 4.79 Å². The third-order valence-electron chi connectivity index (χ3n) is 2.00. The summed E-state index contributed by atoms with van der Waals surface area (Å²) in [5, 5.41) is 0. The molecule has 0 radical (unpaired) electrons. The maximum absolute atomic E-state index is 11.3. The molecule has 0 aromatic heterocycles. The van der Waals surface area contributed by atoms with Crippen LogP contribution in [-0.2, 0) is 20.9 Å². The van der Waals surface area contributed by atoms with Crippen molar-refractivity contribution in [1.82, 2.24) is 0 Å². The molecule has 16 heavy (non-hydrogen) atoms. The summed E-state index contributed by atoms with van der Waals surface area (Å²) >= 11 is 5.41. The Labute approximate surface area is 100 Å². The van der Waals surface area contributed by atoms with Gasteiger partial charge in [-0.15, -0.1) is 11.6 Å². The van der Waals surface area contributed by atoms with Crippen LogP contribution in [0.2, 0.25) is 0 Å². The summed E-state index contributed by atoms with van der Waals surface area (Å²) < 4.78 is 10.2. The van der Waals surface area contributed by atoms with Crippen molar-refractivity contribution < 1.29 is 14.3 Å². The summed E-state index contributed by atoms with van der Waals surface area (Å²) in [6, 6.07) is 9.67. The monoisotopic (exact) mass is 242 g/mol. The van der Waals surface area contributed by atoms with Crippen molar-refractivity contribution in [3.63, 3.8) is 0 Å². The molecule has 0 aliphatic rings. The number of carbonyl (C=O) groups excluding carboxylic acids is 1. The maximum atomic E-state index is 11.3. The van der Waals surface area contributed by atoms with E-state index in [1.54, 1.807) is 6.92 Å². The van der Waals surface area contributed by atoms with Gasteiger partial charge in [-0.3, -0.25) is 0 Å². The van der Waals surface area contributed by atoms with Crippen molar-refractivity contribution in [3.05, 3.63) is 35.9 Å². The molecule has 1 rings (SSSR count). The molecule has 0 amide bonds. The minimum atomic E-state index is -0.566. The summed E-state index contributed by atoms with van der Waals surface area (Å²) in [6.07, 6.45) is -0.566. The topological polar surface area (TPSA) is 35.5 Å². The number of ether oxygens (including phenoxy) is 2. The van der Waals surface area contributed by atoms with E-state index in [0.717, 1.165) is 5.56 Å². The second kappa shape index (κ2) is 7.25. The molecule has 0 saturated carbocycles. The molecule has 0 unspecified atom stereocenters. The lowest BCUT2D eigenvalue weighted by atomic mass is 10.2. The number of rotatable bonds is 6. The molecule has 0 bridgehead atoms. The summed E-state index contributed by atoms with van der Waals surface area (Å²) in [4.78, 5) is 11.3. The number of benzene rings is 1. The first kappa shape index (κ1) is 13.0. The van der Waals surface area contributed by atoms with Gasteiger partial charge in [-0.1, -0.05) is 30.3 Å². The Morgan fingerprint density at radius 3 is 2.69 bits per heavy atom. The van der Waals surface area contributed by atoms with Gasteiger partial charge in [-0.2, -0.15) is 0 Å². The molecule has 3 nitrogen and oxygen atoms in total. The zero-order valence-electron chi connectivity index (χ0n) is 9.19. The van der Waals surface area contributed by atoms with E-state index in [1.165, 1.54) is 0 Å². The van der Waals surface area contributed by atoms with Crippen molar-refractivity contribution in [1.29, 1.82) is 0 Å². The molecule has 0 heterocycles. The van der Waals surface area contributed by atoms with E-state index < -0.39 is 6.10 Å². The molecule has 0 spiro atoms. The SMILES string of the molecule is C[C@@H](OCc1ccccc1)C(=O)OCCCl. The third-order valence-corrected chi connectivity index (χ3v) is 2.15. The highest BCUT2D eigenvalue weighted by Crippen LogP contribution is 2.04. The van der Waals surface area contributed by atoms with Crippen LogP contribution in [0.15, 0.2) is 30.3 Å². The van der Waals surface area contributed by atoms with E-state index in [1.807, 2.05) is 30.3 Å². The Hall–Kier alpha value is -1.06. The van der Waals surface area contributed by atoms with E-state index in [0.29, 0.717) is 12.5 Å². The van der Waals surface area contributed by atoms with Gasteiger partial charge in [0.1, 0.15) is 6.61 Å². The molecule has 1 aromatic rings. The number of carbonyl (C=O) groups is 1. The minimum Gasteiger partial charge on any atom is -0.463 e. The summed E-state index contributed by atoms with van der Waals surface area (Å²) in [5.41, 5.74) is 1.03. The first-order chi connectivity index (χ1) is 7.74. The van der Waals surface area contributed by atoms with Crippen LogP contribution in [0.1, 0.15) is 12.5 Å².